The summed E-state index contributed by atoms with van der Waals surface area (Å²) >= 11 is 5.90. The zero-order chi connectivity index (χ0) is 27.4. The number of phenolic OH excluding ortho intramolecular Hbond substituents is 1. The molecule has 0 spiro atoms. The first-order chi connectivity index (χ1) is 18.9. The van der Waals surface area contributed by atoms with Crippen molar-refractivity contribution in [3.05, 3.63) is 112 Å². The number of aromatic hydroxyl groups is 1. The highest BCUT2D eigenvalue weighted by Crippen LogP contribution is 2.26. The van der Waals surface area contributed by atoms with E-state index in [1.54, 1.807) is 6.21 Å². The van der Waals surface area contributed by atoms with Gasteiger partial charge in [0.2, 0.25) is 0 Å². The summed E-state index contributed by atoms with van der Waals surface area (Å²) in [6, 6.07) is 26.1. The van der Waals surface area contributed by atoms with E-state index in [1.807, 2.05) is 54.4 Å². The number of carbonyl (C=O) groups excluding carboxylic acids is 2. The Morgan fingerprint density at radius 1 is 1.05 bits per heavy atom. The molecule has 1 atom stereocenters. The standard InChI is InChI=1S/C31H29ClN4O3/c1-35(24-15-16-36(20-24)19-21-7-3-2-4-8-21)31(39)27-13-11-23(25-9-5-6-10-26(25)27)18-33-34-30(38)22-12-14-29(37)28(32)17-22/h2-14,17-18,24,37H,15-16,19-20H2,1H3,(H,34,38)/b33-18+. The Hall–Kier alpha value is -4.20. The summed E-state index contributed by atoms with van der Waals surface area (Å²) in [5, 5.41) is 15.4. The minimum atomic E-state index is -0.455. The number of likely N-dealkylation sites (tertiary alicyclic amines) is 1. The summed E-state index contributed by atoms with van der Waals surface area (Å²) in [6.07, 6.45) is 2.49. The number of amides is 2. The molecule has 1 fully saturated rings. The number of hydrazone groups is 1. The fraction of sp³-hybridized carbons (Fsp3) is 0.194. The molecule has 1 aliphatic heterocycles. The lowest BCUT2D eigenvalue weighted by atomic mass is 9.99. The maximum absolute atomic E-state index is 13.6. The van der Waals surface area contributed by atoms with Crippen LogP contribution in [0.2, 0.25) is 5.02 Å². The smallest absolute Gasteiger partial charge is 0.271 e. The highest BCUT2D eigenvalue weighted by Gasteiger charge is 2.29. The number of hydrogen-bond acceptors (Lipinski definition) is 5. The van der Waals surface area contributed by atoms with Gasteiger partial charge < -0.3 is 10.0 Å². The molecular weight excluding hydrogens is 512 g/mol. The van der Waals surface area contributed by atoms with Crippen molar-refractivity contribution in [2.24, 2.45) is 5.10 Å². The maximum Gasteiger partial charge on any atom is 0.271 e. The molecule has 0 saturated carbocycles. The monoisotopic (exact) mass is 540 g/mol. The Kier molecular flexibility index (Phi) is 7.91. The second kappa shape index (κ2) is 11.7. The zero-order valence-corrected chi connectivity index (χ0v) is 22.3. The van der Waals surface area contributed by atoms with E-state index in [2.05, 4.69) is 39.7 Å². The van der Waals surface area contributed by atoms with Crippen molar-refractivity contribution in [3.8, 4) is 5.75 Å². The van der Waals surface area contributed by atoms with Crippen LogP contribution in [0.1, 0.15) is 38.3 Å². The second-order valence-corrected chi connectivity index (χ2v) is 10.1. The van der Waals surface area contributed by atoms with E-state index in [9.17, 15) is 14.7 Å². The van der Waals surface area contributed by atoms with Crippen molar-refractivity contribution in [3.63, 3.8) is 0 Å². The SMILES string of the molecule is CN(C(=O)c1ccc(/C=N/NC(=O)c2ccc(O)c(Cl)c2)c2ccccc12)C1CCN(Cc2ccccc2)C1. The third-order valence-electron chi connectivity index (χ3n) is 7.13. The number of hydrogen-bond donors (Lipinski definition) is 2. The molecule has 1 aliphatic rings. The molecule has 5 rings (SSSR count). The Labute approximate surface area is 232 Å². The van der Waals surface area contributed by atoms with Crippen LogP contribution in [-0.2, 0) is 6.54 Å². The molecule has 0 aliphatic carbocycles. The summed E-state index contributed by atoms with van der Waals surface area (Å²) in [6.45, 7) is 2.67. The van der Waals surface area contributed by atoms with Crippen LogP contribution < -0.4 is 5.43 Å². The van der Waals surface area contributed by atoms with E-state index in [4.69, 9.17) is 11.6 Å². The molecule has 4 aromatic rings. The number of carbonyl (C=O) groups is 2. The van der Waals surface area contributed by atoms with Gasteiger partial charge in [-0.25, -0.2) is 5.43 Å². The average Bonchev–Trinajstić information content (AvgIpc) is 3.42. The van der Waals surface area contributed by atoms with Crippen LogP contribution in [0.25, 0.3) is 10.8 Å². The molecule has 7 nitrogen and oxygen atoms in total. The first-order valence-corrected chi connectivity index (χ1v) is 13.2. The molecular formula is C31H29ClN4O3. The van der Waals surface area contributed by atoms with Crippen molar-refractivity contribution in [2.75, 3.05) is 20.1 Å². The van der Waals surface area contributed by atoms with Gasteiger partial charge >= 0.3 is 0 Å². The number of rotatable bonds is 7. The number of fused-ring (bicyclic) bond motifs is 1. The minimum absolute atomic E-state index is 0.0150. The summed E-state index contributed by atoms with van der Waals surface area (Å²) in [5.41, 5.74) is 5.44. The van der Waals surface area contributed by atoms with Gasteiger partial charge in [0.25, 0.3) is 11.8 Å². The van der Waals surface area contributed by atoms with E-state index >= 15 is 0 Å². The van der Waals surface area contributed by atoms with E-state index in [1.165, 1.54) is 23.8 Å². The van der Waals surface area contributed by atoms with Gasteiger partial charge in [-0.3, -0.25) is 14.5 Å². The number of phenols is 1. The van der Waals surface area contributed by atoms with Gasteiger partial charge in [0.05, 0.1) is 11.2 Å². The van der Waals surface area contributed by atoms with Crippen LogP contribution in [0.4, 0.5) is 0 Å². The van der Waals surface area contributed by atoms with Crippen LogP contribution in [0.5, 0.6) is 5.75 Å². The summed E-state index contributed by atoms with van der Waals surface area (Å²) in [5.74, 6) is -0.566. The number of halogens is 1. The number of nitrogens with one attached hydrogen (secondary N) is 1. The van der Waals surface area contributed by atoms with Gasteiger partial charge in [-0.1, -0.05) is 72.3 Å². The van der Waals surface area contributed by atoms with Crippen molar-refractivity contribution < 1.29 is 14.7 Å². The van der Waals surface area contributed by atoms with Crippen molar-refractivity contribution in [1.82, 2.24) is 15.2 Å². The van der Waals surface area contributed by atoms with Crippen LogP contribution in [0.3, 0.4) is 0 Å². The van der Waals surface area contributed by atoms with Crippen LogP contribution in [0, 0.1) is 0 Å². The Balaban J connectivity index is 1.29. The average molecular weight is 541 g/mol. The normalized spacial score (nSPS) is 15.6. The predicted molar refractivity (Wildman–Crippen MR) is 154 cm³/mol. The molecule has 1 unspecified atom stereocenters. The number of benzene rings is 4. The fourth-order valence-electron chi connectivity index (χ4n) is 4.96. The van der Waals surface area contributed by atoms with Gasteiger partial charge in [0.15, 0.2) is 0 Å². The zero-order valence-electron chi connectivity index (χ0n) is 21.5. The lowest BCUT2D eigenvalue weighted by Crippen LogP contribution is -2.39. The van der Waals surface area contributed by atoms with E-state index < -0.39 is 5.91 Å². The Bertz CT molecular complexity index is 1540. The number of likely N-dealkylation sites (N-methyl/N-ethyl adjacent to an activating group) is 1. The van der Waals surface area contributed by atoms with Crippen LogP contribution in [-0.4, -0.2) is 59.1 Å². The highest BCUT2D eigenvalue weighted by molar-refractivity contribution is 6.32. The lowest BCUT2D eigenvalue weighted by molar-refractivity contribution is 0.0736. The Morgan fingerprint density at radius 2 is 1.79 bits per heavy atom. The maximum atomic E-state index is 13.6. The van der Waals surface area contributed by atoms with E-state index in [0.29, 0.717) is 5.56 Å². The fourth-order valence-corrected chi connectivity index (χ4v) is 5.14. The molecule has 2 amide bonds. The van der Waals surface area contributed by atoms with E-state index in [0.717, 1.165) is 42.4 Å². The molecule has 2 N–H and O–H groups in total. The van der Waals surface area contributed by atoms with Crippen LogP contribution >= 0.6 is 11.6 Å². The third-order valence-corrected chi connectivity index (χ3v) is 7.44. The van der Waals surface area contributed by atoms with Gasteiger partial charge in [0, 0.05) is 49.4 Å². The summed E-state index contributed by atoms with van der Waals surface area (Å²) in [4.78, 5) is 30.3. The van der Waals surface area contributed by atoms with Crippen molar-refractivity contribution in [1.29, 1.82) is 0 Å². The molecule has 0 radical (unpaired) electrons. The van der Waals surface area contributed by atoms with E-state index in [-0.39, 0.29) is 28.3 Å². The molecule has 0 aromatic heterocycles. The first kappa shape index (κ1) is 26.4. The molecule has 1 saturated heterocycles. The summed E-state index contributed by atoms with van der Waals surface area (Å²) < 4.78 is 0. The third kappa shape index (κ3) is 5.95. The highest BCUT2D eigenvalue weighted by atomic mass is 35.5. The molecule has 4 aromatic carbocycles. The van der Waals surface area contributed by atoms with Crippen molar-refractivity contribution >= 4 is 40.4 Å². The Morgan fingerprint density at radius 3 is 2.56 bits per heavy atom. The molecule has 8 heteroatoms. The number of nitrogens with zero attached hydrogens (tertiary/aromatic N) is 3. The van der Waals surface area contributed by atoms with Gasteiger partial charge in [-0.2, -0.15) is 5.10 Å². The van der Waals surface area contributed by atoms with Gasteiger partial charge in [-0.05, 0) is 47.0 Å². The summed E-state index contributed by atoms with van der Waals surface area (Å²) in [7, 11) is 1.88. The molecule has 198 valence electrons. The second-order valence-electron chi connectivity index (χ2n) is 9.69. The minimum Gasteiger partial charge on any atom is -0.506 e. The quantitative estimate of drug-likeness (QED) is 0.246. The molecule has 39 heavy (non-hydrogen) atoms. The molecule has 0 bridgehead atoms. The topological polar surface area (TPSA) is 85.2 Å². The predicted octanol–water partition coefficient (Wildman–Crippen LogP) is 5.31. The first-order valence-electron chi connectivity index (χ1n) is 12.8. The van der Waals surface area contributed by atoms with Gasteiger partial charge in [-0.15, -0.1) is 0 Å². The lowest BCUT2D eigenvalue weighted by Gasteiger charge is -2.26. The molecule has 1 heterocycles. The largest absolute Gasteiger partial charge is 0.506 e. The van der Waals surface area contributed by atoms with Crippen molar-refractivity contribution in [2.45, 2.75) is 19.0 Å². The van der Waals surface area contributed by atoms with Gasteiger partial charge in [0.1, 0.15) is 5.75 Å². The van der Waals surface area contributed by atoms with Crippen LogP contribution in [0.15, 0.2) is 90.0 Å².